The van der Waals surface area contributed by atoms with E-state index in [1.807, 2.05) is 30.3 Å². The summed E-state index contributed by atoms with van der Waals surface area (Å²) < 4.78 is 23.5. The molecule has 1 aliphatic rings. The molecule has 0 aliphatic carbocycles. The first kappa shape index (κ1) is 25.7. The van der Waals surface area contributed by atoms with Crippen molar-refractivity contribution in [3.8, 4) is 11.4 Å². The van der Waals surface area contributed by atoms with Crippen LogP contribution >= 0.6 is 0 Å². The number of pyridine rings is 4. The smallest absolute Gasteiger partial charge is 0.253 e. The summed E-state index contributed by atoms with van der Waals surface area (Å²) in [6.07, 6.45) is 6.59. The number of carbonyl (C=O) groups excluding carboxylic acids is 1. The van der Waals surface area contributed by atoms with E-state index < -0.39 is 15.7 Å². The number of nitrogens with one attached hydrogen (secondary N) is 1. The second kappa shape index (κ2) is 10.4. The van der Waals surface area contributed by atoms with E-state index in [1.54, 1.807) is 6.20 Å². The molecular weight excluding hydrogens is 500 g/mol. The Kier molecular flexibility index (Phi) is 7.07. The zero-order valence-corrected chi connectivity index (χ0v) is 22.4. The number of fused-ring (bicyclic) bond motifs is 1. The lowest BCUT2D eigenvalue weighted by Crippen LogP contribution is -2.39. The van der Waals surface area contributed by atoms with Crippen LogP contribution in [-0.4, -0.2) is 53.6 Å². The summed E-state index contributed by atoms with van der Waals surface area (Å²) in [6.45, 7) is 6.73. The van der Waals surface area contributed by atoms with Gasteiger partial charge in [-0.05, 0) is 54.7 Å². The van der Waals surface area contributed by atoms with Gasteiger partial charge in [0.15, 0.2) is 9.84 Å². The summed E-state index contributed by atoms with van der Waals surface area (Å²) in [5, 5.41) is 3.65. The number of sulfone groups is 1. The number of piperidine rings is 1. The molecule has 2 atom stereocenters. The number of rotatable bonds is 6. The fourth-order valence-electron chi connectivity index (χ4n) is 4.91. The van der Waals surface area contributed by atoms with Crippen LogP contribution in [0.3, 0.4) is 0 Å². The van der Waals surface area contributed by atoms with Crippen LogP contribution < -0.4 is 10.2 Å². The van der Waals surface area contributed by atoms with Crippen molar-refractivity contribution in [3.05, 3.63) is 72.3 Å². The minimum absolute atomic E-state index is 0.00676. The summed E-state index contributed by atoms with van der Waals surface area (Å²) in [4.78, 5) is 33.0. The highest BCUT2D eigenvalue weighted by Gasteiger charge is 2.23. The number of aromatic nitrogens is 4. The molecule has 0 unspecified atom stereocenters. The van der Waals surface area contributed by atoms with Gasteiger partial charge in [-0.25, -0.2) is 18.4 Å². The van der Waals surface area contributed by atoms with Gasteiger partial charge in [0.1, 0.15) is 5.82 Å². The number of carbonyl (C=O) groups is 1. The maximum Gasteiger partial charge on any atom is 0.253 e. The second-order valence-corrected chi connectivity index (χ2v) is 12.2. The van der Waals surface area contributed by atoms with Crippen LogP contribution in [0.2, 0.25) is 0 Å². The molecule has 5 heterocycles. The first-order valence-corrected chi connectivity index (χ1v) is 14.5. The van der Waals surface area contributed by atoms with E-state index in [0.717, 1.165) is 47.5 Å². The van der Waals surface area contributed by atoms with E-state index in [0.29, 0.717) is 17.5 Å². The Labute approximate surface area is 222 Å². The summed E-state index contributed by atoms with van der Waals surface area (Å²) in [6, 6.07) is 13.1. The number of hydrogen-bond acceptors (Lipinski definition) is 8. The van der Waals surface area contributed by atoms with Crippen LogP contribution in [0, 0.1) is 11.8 Å². The molecule has 1 fully saturated rings. The number of nitrogens with zero attached hydrogens (tertiary/aromatic N) is 5. The van der Waals surface area contributed by atoms with E-state index in [1.165, 1.54) is 24.9 Å². The molecule has 196 valence electrons. The topological polar surface area (TPSA) is 118 Å². The zero-order chi connectivity index (χ0) is 26.9. The first-order valence-electron chi connectivity index (χ1n) is 12.6. The van der Waals surface area contributed by atoms with E-state index >= 15 is 0 Å². The highest BCUT2D eigenvalue weighted by Crippen LogP contribution is 2.27. The predicted molar refractivity (Wildman–Crippen MR) is 146 cm³/mol. The van der Waals surface area contributed by atoms with Gasteiger partial charge < -0.3 is 10.2 Å². The van der Waals surface area contributed by atoms with Gasteiger partial charge in [-0.15, -0.1) is 0 Å². The van der Waals surface area contributed by atoms with Crippen LogP contribution in [0.5, 0.6) is 0 Å². The third-order valence-electron chi connectivity index (χ3n) is 6.65. The average molecular weight is 531 g/mol. The van der Waals surface area contributed by atoms with Crippen molar-refractivity contribution in [1.82, 2.24) is 25.3 Å². The zero-order valence-electron chi connectivity index (χ0n) is 21.6. The Hall–Kier alpha value is -3.92. The van der Waals surface area contributed by atoms with Crippen LogP contribution in [0.1, 0.15) is 36.3 Å². The quantitative estimate of drug-likeness (QED) is 0.399. The van der Waals surface area contributed by atoms with Gasteiger partial charge in [-0.1, -0.05) is 19.9 Å². The van der Waals surface area contributed by atoms with Crippen LogP contribution in [-0.2, 0) is 16.4 Å². The molecule has 1 amide bonds. The number of hydrogen-bond donors (Lipinski definition) is 1. The average Bonchev–Trinajstić information content (AvgIpc) is 2.90. The molecule has 0 radical (unpaired) electrons. The standard InChI is InChI=1S/C28H30N6O3S/c1-18-9-19(2)17-34(16-18)27-6-4-5-24(33-27)25-8-7-20-13-30-22(11-26(20)32-25)14-31-28(35)21-10-23(15-29-12-21)38(3,36)37/h4-8,10-13,15,18-19H,9,14,16-17H2,1-3H3,(H,31,35)/t18-,19+. The molecule has 1 N–H and O–H groups in total. The van der Waals surface area contributed by atoms with Crippen molar-refractivity contribution in [2.45, 2.75) is 31.7 Å². The third kappa shape index (κ3) is 5.80. The van der Waals surface area contributed by atoms with E-state index in [9.17, 15) is 13.2 Å². The molecule has 10 heteroatoms. The van der Waals surface area contributed by atoms with Gasteiger partial charge in [-0.3, -0.25) is 14.8 Å². The maximum atomic E-state index is 12.6. The summed E-state index contributed by atoms with van der Waals surface area (Å²) in [7, 11) is -3.46. The molecule has 9 nitrogen and oxygen atoms in total. The highest BCUT2D eigenvalue weighted by molar-refractivity contribution is 7.90. The second-order valence-electron chi connectivity index (χ2n) is 10.2. The van der Waals surface area contributed by atoms with Gasteiger partial charge in [0.05, 0.1) is 39.6 Å². The number of amides is 1. The normalized spacial score (nSPS) is 17.9. The molecule has 0 aromatic carbocycles. The summed E-state index contributed by atoms with van der Waals surface area (Å²) in [5.41, 5.74) is 3.11. The van der Waals surface area contributed by atoms with Crippen molar-refractivity contribution >= 4 is 32.5 Å². The predicted octanol–water partition coefficient (Wildman–Crippen LogP) is 3.90. The molecule has 5 rings (SSSR count). The Balaban J connectivity index is 1.34. The molecule has 1 saturated heterocycles. The molecule has 4 aromatic rings. The van der Waals surface area contributed by atoms with Crippen molar-refractivity contribution < 1.29 is 13.2 Å². The minimum Gasteiger partial charge on any atom is -0.356 e. The lowest BCUT2D eigenvalue weighted by Gasteiger charge is -2.35. The number of anilines is 1. The minimum atomic E-state index is -3.46. The van der Waals surface area contributed by atoms with Gasteiger partial charge in [-0.2, -0.15) is 0 Å². The van der Waals surface area contributed by atoms with Crippen LogP contribution in [0.15, 0.2) is 66.0 Å². The fourth-order valence-corrected chi connectivity index (χ4v) is 5.50. The van der Waals surface area contributed by atoms with Crippen molar-refractivity contribution in [1.29, 1.82) is 0 Å². The summed E-state index contributed by atoms with van der Waals surface area (Å²) in [5.74, 6) is 1.80. The summed E-state index contributed by atoms with van der Waals surface area (Å²) >= 11 is 0. The SMILES string of the molecule is C[C@@H]1C[C@H](C)CN(c2cccc(-c3ccc4cnc(CNC(=O)c5cncc(S(C)(=O)=O)c5)cc4n3)n2)C1. The molecular formula is C28H30N6O3S. The molecule has 1 aliphatic heterocycles. The first-order chi connectivity index (χ1) is 18.2. The Morgan fingerprint density at radius 1 is 1.00 bits per heavy atom. The maximum absolute atomic E-state index is 12.6. The Morgan fingerprint density at radius 3 is 2.53 bits per heavy atom. The lowest BCUT2D eigenvalue weighted by molar-refractivity contribution is 0.0950. The van der Waals surface area contributed by atoms with Gasteiger partial charge in [0.25, 0.3) is 5.91 Å². The van der Waals surface area contributed by atoms with Crippen molar-refractivity contribution in [3.63, 3.8) is 0 Å². The Morgan fingerprint density at radius 2 is 1.76 bits per heavy atom. The van der Waals surface area contributed by atoms with Crippen LogP contribution in [0.4, 0.5) is 5.82 Å². The van der Waals surface area contributed by atoms with Crippen molar-refractivity contribution in [2.75, 3.05) is 24.2 Å². The molecule has 0 spiro atoms. The molecule has 0 bridgehead atoms. The fraction of sp³-hybridized carbons (Fsp3) is 0.321. The lowest BCUT2D eigenvalue weighted by atomic mass is 9.92. The van der Waals surface area contributed by atoms with Crippen LogP contribution in [0.25, 0.3) is 22.3 Å². The van der Waals surface area contributed by atoms with Gasteiger partial charge in [0, 0.05) is 43.3 Å². The Bertz CT molecular complexity index is 1600. The monoisotopic (exact) mass is 530 g/mol. The molecule has 4 aromatic heterocycles. The highest BCUT2D eigenvalue weighted by atomic mass is 32.2. The van der Waals surface area contributed by atoms with E-state index in [-0.39, 0.29) is 17.0 Å². The molecule has 38 heavy (non-hydrogen) atoms. The van der Waals surface area contributed by atoms with Gasteiger partial charge >= 0.3 is 0 Å². The van der Waals surface area contributed by atoms with Gasteiger partial charge in [0.2, 0.25) is 0 Å². The van der Waals surface area contributed by atoms with E-state index in [2.05, 4.69) is 40.1 Å². The largest absolute Gasteiger partial charge is 0.356 e. The molecule has 0 saturated carbocycles. The van der Waals surface area contributed by atoms with E-state index in [4.69, 9.17) is 9.97 Å². The third-order valence-corrected chi connectivity index (χ3v) is 7.73. The van der Waals surface area contributed by atoms with Crippen molar-refractivity contribution in [2.24, 2.45) is 11.8 Å².